The van der Waals surface area contributed by atoms with Crippen molar-refractivity contribution in [1.82, 2.24) is 14.7 Å². The maximum atomic E-state index is 13.9. The van der Waals surface area contributed by atoms with E-state index in [1.807, 2.05) is 25.7 Å². The summed E-state index contributed by atoms with van der Waals surface area (Å²) in [5, 5.41) is 0. The molecule has 7 nitrogen and oxygen atoms in total. The maximum absolute atomic E-state index is 13.9. The van der Waals surface area contributed by atoms with Gasteiger partial charge >= 0.3 is 6.09 Å². The molecule has 3 atom stereocenters. The topological polar surface area (TPSA) is 54.5 Å². The van der Waals surface area contributed by atoms with Crippen molar-refractivity contribution < 1.29 is 23.4 Å². The molecule has 3 rings (SSSR count). The first kappa shape index (κ1) is 25.7. The van der Waals surface area contributed by atoms with Gasteiger partial charge in [-0.25, -0.2) is 9.18 Å². The van der Waals surface area contributed by atoms with Crippen molar-refractivity contribution in [3.05, 3.63) is 29.6 Å². The second-order valence-electron chi connectivity index (χ2n) is 10.3. The van der Waals surface area contributed by atoms with Crippen LogP contribution in [0.3, 0.4) is 0 Å². The van der Waals surface area contributed by atoms with Gasteiger partial charge in [0, 0.05) is 45.8 Å². The minimum atomic E-state index is -0.554. The number of nitrogens with zero attached hydrogens (tertiary/aromatic N) is 3. The Morgan fingerprint density at radius 1 is 1.09 bits per heavy atom. The zero-order valence-electron chi connectivity index (χ0n) is 21.0. The maximum Gasteiger partial charge on any atom is 0.410 e. The highest BCUT2D eigenvalue weighted by Crippen LogP contribution is 2.23. The first-order chi connectivity index (χ1) is 15.5. The number of methoxy groups -OCH3 is 1. The molecule has 0 radical (unpaired) electrons. The third-order valence-electron chi connectivity index (χ3n) is 6.11. The van der Waals surface area contributed by atoms with E-state index in [0.29, 0.717) is 13.0 Å². The molecule has 186 valence electrons. The van der Waals surface area contributed by atoms with E-state index in [1.54, 1.807) is 12.1 Å². The molecule has 2 saturated heterocycles. The Kier molecular flexibility index (Phi) is 8.59. The molecule has 0 spiro atoms. The van der Waals surface area contributed by atoms with Gasteiger partial charge in [0.2, 0.25) is 0 Å². The van der Waals surface area contributed by atoms with Gasteiger partial charge in [0.05, 0.1) is 25.4 Å². The monoisotopic (exact) mass is 465 g/mol. The highest BCUT2D eigenvalue weighted by atomic mass is 19.1. The summed E-state index contributed by atoms with van der Waals surface area (Å²) in [6.07, 6.45) is 0.813. The van der Waals surface area contributed by atoms with Gasteiger partial charge in [0.1, 0.15) is 5.60 Å². The van der Waals surface area contributed by atoms with Crippen LogP contribution in [0.5, 0.6) is 5.75 Å². The Morgan fingerprint density at radius 2 is 1.76 bits per heavy atom. The van der Waals surface area contributed by atoms with Crippen molar-refractivity contribution in [3.63, 3.8) is 0 Å². The quantitative estimate of drug-likeness (QED) is 0.642. The van der Waals surface area contributed by atoms with E-state index in [-0.39, 0.29) is 35.9 Å². The van der Waals surface area contributed by atoms with Crippen LogP contribution < -0.4 is 4.74 Å². The molecular weight excluding hydrogens is 425 g/mol. The van der Waals surface area contributed by atoms with Crippen LogP contribution in [0.4, 0.5) is 9.18 Å². The fourth-order valence-corrected chi connectivity index (χ4v) is 4.71. The number of hydrogen-bond acceptors (Lipinski definition) is 6. The van der Waals surface area contributed by atoms with E-state index in [9.17, 15) is 9.18 Å². The lowest BCUT2D eigenvalue weighted by atomic mass is 10.0. The third kappa shape index (κ3) is 7.55. The lowest BCUT2D eigenvalue weighted by Gasteiger charge is -2.43. The summed E-state index contributed by atoms with van der Waals surface area (Å²) in [5.74, 6) is -0.163. The second kappa shape index (κ2) is 11.0. The van der Waals surface area contributed by atoms with Crippen molar-refractivity contribution >= 4 is 6.09 Å². The molecule has 33 heavy (non-hydrogen) atoms. The van der Waals surface area contributed by atoms with Crippen LogP contribution >= 0.6 is 0 Å². The lowest BCUT2D eigenvalue weighted by molar-refractivity contribution is -0.0706. The first-order valence-electron chi connectivity index (χ1n) is 12.0. The Labute approximate surface area is 197 Å². The number of carbonyl (C=O) groups is 1. The van der Waals surface area contributed by atoms with Crippen LogP contribution in [0, 0.1) is 5.82 Å². The van der Waals surface area contributed by atoms with E-state index in [1.165, 1.54) is 13.2 Å². The van der Waals surface area contributed by atoms with Crippen LogP contribution in [0.25, 0.3) is 0 Å². The van der Waals surface area contributed by atoms with Crippen LogP contribution in [-0.4, -0.2) is 97.6 Å². The summed E-state index contributed by atoms with van der Waals surface area (Å²) >= 11 is 0. The summed E-state index contributed by atoms with van der Waals surface area (Å²) in [7, 11) is 1.46. The van der Waals surface area contributed by atoms with Crippen LogP contribution in [0.2, 0.25) is 0 Å². The standard InChI is InChI=1S/C25H40FN3O4/c1-18-15-28(16-19(2)32-18)10-9-27-11-12-29(24(30)33-25(3,4)5)21(17-27)13-20-7-8-22(26)23(14-20)31-6/h7-8,14,18-19,21H,9-13,15-17H2,1-6H3/t18?,19?,21-/m1/s1. The van der Waals surface area contributed by atoms with Gasteiger partial charge in [-0.15, -0.1) is 0 Å². The van der Waals surface area contributed by atoms with Gasteiger partial charge in [0.15, 0.2) is 11.6 Å². The molecule has 0 aliphatic carbocycles. The summed E-state index contributed by atoms with van der Waals surface area (Å²) < 4.78 is 30.6. The van der Waals surface area contributed by atoms with Crippen molar-refractivity contribution in [2.45, 2.75) is 64.9 Å². The molecule has 0 bridgehead atoms. The predicted octanol–water partition coefficient (Wildman–Crippen LogP) is 3.41. The van der Waals surface area contributed by atoms with E-state index < -0.39 is 5.60 Å². The average molecular weight is 466 g/mol. The second-order valence-corrected chi connectivity index (χ2v) is 10.3. The molecule has 2 unspecified atom stereocenters. The normalized spacial score (nSPS) is 25.2. The molecule has 2 fully saturated rings. The van der Waals surface area contributed by atoms with Crippen molar-refractivity contribution in [2.75, 3.05) is 52.9 Å². The van der Waals surface area contributed by atoms with Gasteiger partial charge in [-0.05, 0) is 58.7 Å². The van der Waals surface area contributed by atoms with E-state index in [0.717, 1.165) is 44.8 Å². The molecule has 1 aromatic carbocycles. The largest absolute Gasteiger partial charge is 0.494 e. The number of halogens is 1. The smallest absolute Gasteiger partial charge is 0.410 e. The molecule has 1 amide bonds. The number of ether oxygens (including phenoxy) is 3. The Morgan fingerprint density at radius 3 is 2.39 bits per heavy atom. The molecule has 2 aliphatic rings. The minimum Gasteiger partial charge on any atom is -0.494 e. The molecule has 2 aliphatic heterocycles. The van der Waals surface area contributed by atoms with Gasteiger partial charge in [-0.1, -0.05) is 6.07 Å². The summed E-state index contributed by atoms with van der Waals surface area (Å²) in [6.45, 7) is 15.8. The molecule has 1 aromatic rings. The number of rotatable bonds is 6. The summed E-state index contributed by atoms with van der Waals surface area (Å²) in [4.78, 5) is 19.7. The van der Waals surface area contributed by atoms with Gasteiger partial charge in [-0.3, -0.25) is 9.80 Å². The zero-order chi connectivity index (χ0) is 24.2. The highest BCUT2D eigenvalue weighted by molar-refractivity contribution is 5.69. The van der Waals surface area contributed by atoms with Crippen molar-refractivity contribution in [2.24, 2.45) is 0 Å². The SMILES string of the molecule is COc1cc(C[C@@H]2CN(CCN3CC(C)OC(C)C3)CCN2C(=O)OC(C)(C)C)ccc1F. The average Bonchev–Trinajstić information content (AvgIpc) is 2.72. The van der Waals surface area contributed by atoms with Gasteiger partial charge in [-0.2, -0.15) is 0 Å². The molecule has 0 saturated carbocycles. The predicted molar refractivity (Wildman–Crippen MR) is 126 cm³/mol. The molecule has 2 heterocycles. The molecule has 0 N–H and O–H groups in total. The Hall–Kier alpha value is -1.90. The molecular formula is C25H40FN3O4. The van der Waals surface area contributed by atoms with E-state index >= 15 is 0 Å². The zero-order valence-corrected chi connectivity index (χ0v) is 21.0. The third-order valence-corrected chi connectivity index (χ3v) is 6.11. The van der Waals surface area contributed by atoms with E-state index in [2.05, 4.69) is 23.6 Å². The fourth-order valence-electron chi connectivity index (χ4n) is 4.71. The molecule has 8 heteroatoms. The number of carbonyl (C=O) groups excluding carboxylic acids is 1. The minimum absolute atomic E-state index is 0.0636. The number of piperazine rings is 1. The number of benzene rings is 1. The van der Waals surface area contributed by atoms with Crippen molar-refractivity contribution in [3.8, 4) is 5.75 Å². The number of amides is 1. The van der Waals surface area contributed by atoms with Crippen molar-refractivity contribution in [1.29, 1.82) is 0 Å². The number of morpholine rings is 1. The Balaban J connectivity index is 1.68. The summed E-state index contributed by atoms with van der Waals surface area (Å²) in [6, 6.07) is 4.85. The van der Waals surface area contributed by atoms with Crippen LogP contribution in [-0.2, 0) is 15.9 Å². The van der Waals surface area contributed by atoms with Crippen LogP contribution in [0.1, 0.15) is 40.2 Å². The van der Waals surface area contributed by atoms with Crippen LogP contribution in [0.15, 0.2) is 18.2 Å². The lowest BCUT2D eigenvalue weighted by Crippen LogP contribution is -2.58. The highest BCUT2D eigenvalue weighted by Gasteiger charge is 2.34. The fraction of sp³-hybridized carbons (Fsp3) is 0.720. The Bertz CT molecular complexity index is 790. The first-order valence-corrected chi connectivity index (χ1v) is 12.0. The van der Waals surface area contributed by atoms with E-state index in [4.69, 9.17) is 14.2 Å². The molecule has 0 aromatic heterocycles. The van der Waals surface area contributed by atoms with Gasteiger partial charge < -0.3 is 19.1 Å². The summed E-state index contributed by atoms with van der Waals surface area (Å²) in [5.41, 5.74) is 0.381. The van der Waals surface area contributed by atoms with Gasteiger partial charge in [0.25, 0.3) is 0 Å². The number of hydrogen-bond donors (Lipinski definition) is 0.